The molecule has 4 nitrogen and oxygen atoms in total. The molecule has 3 aromatic rings. The molecule has 0 aliphatic rings. The van der Waals surface area contributed by atoms with Crippen molar-refractivity contribution in [1.82, 2.24) is 9.97 Å². The third-order valence-corrected chi connectivity index (χ3v) is 3.52. The molecule has 104 valence electrons. The molecule has 0 aliphatic carbocycles. The molecule has 0 bridgehead atoms. The lowest BCUT2D eigenvalue weighted by atomic mass is 10.2. The zero-order chi connectivity index (χ0) is 14.8. The Balaban J connectivity index is 1.96. The third-order valence-electron chi connectivity index (χ3n) is 2.87. The van der Waals surface area contributed by atoms with Crippen LogP contribution in [0.15, 0.2) is 53.1 Å². The first-order valence-corrected chi connectivity index (χ1v) is 7.29. The van der Waals surface area contributed by atoms with Crippen molar-refractivity contribution in [3.05, 3.63) is 64.0 Å². The van der Waals surface area contributed by atoms with Gasteiger partial charge in [-0.3, -0.25) is 9.78 Å². The molecule has 0 radical (unpaired) electrons. The van der Waals surface area contributed by atoms with Gasteiger partial charge in [0, 0.05) is 16.1 Å². The molecule has 21 heavy (non-hydrogen) atoms. The van der Waals surface area contributed by atoms with Gasteiger partial charge in [0.15, 0.2) is 0 Å². The van der Waals surface area contributed by atoms with Crippen molar-refractivity contribution < 1.29 is 4.79 Å². The van der Waals surface area contributed by atoms with Crippen LogP contribution in [0.2, 0.25) is 5.15 Å². The van der Waals surface area contributed by atoms with Crippen LogP contribution in [0.5, 0.6) is 0 Å². The van der Waals surface area contributed by atoms with E-state index in [-0.39, 0.29) is 16.8 Å². The fraction of sp³-hybridized carbons (Fsp3) is 0. The van der Waals surface area contributed by atoms with Crippen LogP contribution in [-0.2, 0) is 0 Å². The number of carbonyl (C=O) groups excluding carboxylic acids is 1. The predicted octanol–water partition coefficient (Wildman–Crippen LogP) is 4.30. The van der Waals surface area contributed by atoms with Crippen molar-refractivity contribution in [2.24, 2.45) is 0 Å². The average molecular weight is 363 g/mol. The number of amides is 1. The van der Waals surface area contributed by atoms with Crippen molar-refractivity contribution in [2.45, 2.75) is 0 Å². The second-order valence-corrected chi connectivity index (χ2v) is 5.63. The zero-order valence-corrected chi connectivity index (χ0v) is 13.0. The van der Waals surface area contributed by atoms with Gasteiger partial charge in [0.2, 0.25) is 0 Å². The van der Waals surface area contributed by atoms with Crippen LogP contribution in [-0.4, -0.2) is 15.9 Å². The van der Waals surface area contributed by atoms with Crippen LogP contribution in [0.3, 0.4) is 0 Å². The smallest absolute Gasteiger partial charge is 0.274 e. The van der Waals surface area contributed by atoms with Crippen molar-refractivity contribution >= 4 is 50.0 Å². The van der Waals surface area contributed by atoms with Crippen molar-refractivity contribution in [1.29, 1.82) is 0 Å². The van der Waals surface area contributed by atoms with Gasteiger partial charge in [-0.05, 0) is 40.2 Å². The van der Waals surface area contributed by atoms with E-state index >= 15 is 0 Å². The number of rotatable bonds is 2. The van der Waals surface area contributed by atoms with Gasteiger partial charge in [0.25, 0.3) is 5.91 Å². The van der Waals surface area contributed by atoms with Gasteiger partial charge >= 0.3 is 0 Å². The fourth-order valence-electron chi connectivity index (χ4n) is 1.96. The second kappa shape index (κ2) is 5.79. The van der Waals surface area contributed by atoms with Gasteiger partial charge in [-0.1, -0.05) is 29.8 Å². The first kappa shape index (κ1) is 14.0. The molecule has 1 N–H and O–H groups in total. The predicted molar refractivity (Wildman–Crippen MR) is 86.6 cm³/mol. The fourth-order valence-corrected chi connectivity index (χ4v) is 2.47. The second-order valence-electron chi connectivity index (χ2n) is 4.33. The molecular formula is C15H9BrClN3O. The number of benzene rings is 1. The summed E-state index contributed by atoms with van der Waals surface area (Å²) in [6.07, 6.45) is 1.69. The maximum absolute atomic E-state index is 12.2. The molecule has 2 heterocycles. The van der Waals surface area contributed by atoms with E-state index in [0.29, 0.717) is 5.69 Å². The quantitative estimate of drug-likeness (QED) is 0.692. The van der Waals surface area contributed by atoms with Gasteiger partial charge in [0.05, 0.1) is 11.2 Å². The Hall–Kier alpha value is -1.98. The Kier molecular flexibility index (Phi) is 3.86. The first-order chi connectivity index (χ1) is 10.1. The number of anilines is 1. The van der Waals surface area contributed by atoms with Crippen molar-refractivity contribution in [3.63, 3.8) is 0 Å². The molecule has 3 rings (SSSR count). The normalized spacial score (nSPS) is 10.6. The van der Waals surface area contributed by atoms with E-state index in [1.165, 1.54) is 0 Å². The highest BCUT2D eigenvalue weighted by Gasteiger charge is 2.10. The standard InChI is InChI=1S/C15H9BrClN3O/c16-10-7-9-3-1-4-11(14(9)18-8-10)20-15(21)12-5-2-6-13(17)19-12/h1-8H,(H,20,21). The number of carbonyl (C=O) groups is 1. The largest absolute Gasteiger partial charge is 0.319 e. The summed E-state index contributed by atoms with van der Waals surface area (Å²) in [4.78, 5) is 20.5. The highest BCUT2D eigenvalue weighted by molar-refractivity contribution is 9.10. The molecule has 0 spiro atoms. The van der Waals surface area contributed by atoms with Crippen LogP contribution in [0, 0.1) is 0 Å². The molecule has 0 atom stereocenters. The zero-order valence-electron chi connectivity index (χ0n) is 10.7. The Morgan fingerprint density at radius 2 is 2.00 bits per heavy atom. The van der Waals surface area contributed by atoms with E-state index in [0.717, 1.165) is 15.4 Å². The highest BCUT2D eigenvalue weighted by atomic mass is 79.9. The summed E-state index contributed by atoms with van der Waals surface area (Å²) < 4.78 is 0.884. The summed E-state index contributed by atoms with van der Waals surface area (Å²) in [5, 5.41) is 4.02. The summed E-state index contributed by atoms with van der Waals surface area (Å²) in [6.45, 7) is 0. The monoisotopic (exact) mass is 361 g/mol. The minimum atomic E-state index is -0.324. The van der Waals surface area contributed by atoms with E-state index in [1.54, 1.807) is 30.5 Å². The molecule has 0 aliphatic heterocycles. The van der Waals surface area contributed by atoms with E-state index in [1.807, 2.05) is 18.2 Å². The molecule has 6 heteroatoms. The minimum Gasteiger partial charge on any atom is -0.319 e. The SMILES string of the molecule is O=C(Nc1cccc2cc(Br)cnc12)c1cccc(Cl)n1. The lowest BCUT2D eigenvalue weighted by Crippen LogP contribution is -2.14. The topological polar surface area (TPSA) is 54.9 Å². The van der Waals surface area contributed by atoms with Crippen LogP contribution in [0.25, 0.3) is 10.9 Å². The molecule has 1 aromatic carbocycles. The maximum Gasteiger partial charge on any atom is 0.274 e. The van der Waals surface area contributed by atoms with E-state index in [9.17, 15) is 4.79 Å². The average Bonchev–Trinajstić information content (AvgIpc) is 2.47. The maximum atomic E-state index is 12.2. The molecule has 0 unspecified atom stereocenters. The lowest BCUT2D eigenvalue weighted by Gasteiger charge is -2.08. The number of aromatic nitrogens is 2. The van der Waals surface area contributed by atoms with Crippen molar-refractivity contribution in [3.8, 4) is 0 Å². The van der Waals surface area contributed by atoms with Gasteiger partial charge in [-0.15, -0.1) is 0 Å². The number of hydrogen-bond acceptors (Lipinski definition) is 3. The molecule has 0 fully saturated rings. The van der Waals surface area contributed by atoms with E-state index in [2.05, 4.69) is 31.2 Å². The van der Waals surface area contributed by atoms with Crippen molar-refractivity contribution in [2.75, 3.05) is 5.32 Å². The number of nitrogens with one attached hydrogen (secondary N) is 1. The van der Waals surface area contributed by atoms with Gasteiger partial charge in [-0.2, -0.15) is 0 Å². The van der Waals surface area contributed by atoms with Gasteiger partial charge in [0.1, 0.15) is 10.8 Å². The van der Waals surface area contributed by atoms with E-state index in [4.69, 9.17) is 11.6 Å². The summed E-state index contributed by atoms with van der Waals surface area (Å²) in [6, 6.07) is 12.4. The van der Waals surface area contributed by atoms with Crippen LogP contribution in [0.4, 0.5) is 5.69 Å². The van der Waals surface area contributed by atoms with Crippen LogP contribution in [0.1, 0.15) is 10.5 Å². The first-order valence-electron chi connectivity index (χ1n) is 6.12. The van der Waals surface area contributed by atoms with Gasteiger partial charge in [-0.25, -0.2) is 4.98 Å². The molecular weight excluding hydrogens is 354 g/mol. The Labute approximate surface area is 134 Å². The number of pyridine rings is 2. The summed E-state index contributed by atoms with van der Waals surface area (Å²) in [7, 11) is 0. The molecule has 0 saturated carbocycles. The Bertz CT molecular complexity index is 838. The van der Waals surface area contributed by atoms with Crippen LogP contribution >= 0.6 is 27.5 Å². The highest BCUT2D eigenvalue weighted by Crippen LogP contribution is 2.24. The molecule has 2 aromatic heterocycles. The number of fused-ring (bicyclic) bond motifs is 1. The summed E-state index contributed by atoms with van der Waals surface area (Å²) in [5.41, 5.74) is 1.61. The minimum absolute atomic E-state index is 0.261. The number of para-hydroxylation sites is 1. The number of nitrogens with zero attached hydrogens (tertiary/aromatic N) is 2. The summed E-state index contributed by atoms with van der Waals surface area (Å²) >= 11 is 9.17. The lowest BCUT2D eigenvalue weighted by molar-refractivity contribution is 0.102. The van der Waals surface area contributed by atoms with E-state index < -0.39 is 0 Å². The molecule has 1 amide bonds. The molecule has 0 saturated heterocycles. The number of hydrogen-bond donors (Lipinski definition) is 1. The Morgan fingerprint density at radius 1 is 1.19 bits per heavy atom. The third kappa shape index (κ3) is 3.04. The number of halogens is 2. The Morgan fingerprint density at radius 3 is 2.81 bits per heavy atom. The summed E-state index contributed by atoms with van der Waals surface area (Å²) in [5.74, 6) is -0.324. The van der Waals surface area contributed by atoms with Crippen LogP contribution < -0.4 is 5.32 Å². The van der Waals surface area contributed by atoms with Gasteiger partial charge < -0.3 is 5.32 Å².